The summed E-state index contributed by atoms with van der Waals surface area (Å²) in [6.07, 6.45) is 10.4. The second-order valence-electron chi connectivity index (χ2n) is 14.8. The van der Waals surface area contributed by atoms with E-state index < -0.39 is 0 Å². The van der Waals surface area contributed by atoms with Gasteiger partial charge in [0.25, 0.3) is 0 Å². The Morgan fingerprint density at radius 3 is 1.30 bits per heavy atom. The minimum absolute atomic E-state index is 0.0493. The molecule has 0 saturated carbocycles. The SMILES string of the molecule is CC(C)(C)c1cncnn1.Cc1ncc(C(C)(C)C)c(C)n1.Cc1ncc(C(C)(C)C)nn1.Cc1ncncc1C(C)(C)C. The minimum atomic E-state index is 0.0493. The van der Waals surface area contributed by atoms with Crippen molar-refractivity contribution in [3.63, 3.8) is 0 Å². The van der Waals surface area contributed by atoms with Crippen molar-refractivity contribution in [2.45, 2.75) is 132 Å². The molecule has 0 spiro atoms. The Morgan fingerprint density at radius 2 is 0.932 bits per heavy atom. The van der Waals surface area contributed by atoms with Gasteiger partial charge in [0.2, 0.25) is 0 Å². The first-order valence-electron chi connectivity index (χ1n) is 14.9. The lowest BCUT2D eigenvalue weighted by molar-refractivity contribution is 0.551. The van der Waals surface area contributed by atoms with Gasteiger partial charge in [-0.1, -0.05) is 83.1 Å². The van der Waals surface area contributed by atoms with Gasteiger partial charge in [0, 0.05) is 34.6 Å². The highest BCUT2D eigenvalue weighted by Crippen LogP contribution is 2.24. The zero-order chi connectivity index (χ0) is 33.9. The first-order chi connectivity index (χ1) is 20.0. The van der Waals surface area contributed by atoms with Crippen LogP contribution in [0.1, 0.15) is 129 Å². The number of hydrogen-bond acceptors (Lipinski definition) is 10. The van der Waals surface area contributed by atoms with E-state index in [0.29, 0.717) is 0 Å². The Kier molecular flexibility index (Phi) is 13.7. The summed E-state index contributed by atoms with van der Waals surface area (Å²) in [4.78, 5) is 24.6. The lowest BCUT2D eigenvalue weighted by Crippen LogP contribution is -2.15. The number of nitrogens with zero attached hydrogens (tertiary/aromatic N) is 10. The summed E-state index contributed by atoms with van der Waals surface area (Å²) in [6.45, 7) is 33.3. The number of hydrogen-bond donors (Lipinski definition) is 0. The van der Waals surface area contributed by atoms with E-state index in [0.717, 1.165) is 34.4 Å². The second kappa shape index (κ2) is 15.8. The molecule has 4 aromatic rings. The van der Waals surface area contributed by atoms with Gasteiger partial charge in [-0.15, -0.1) is 10.2 Å². The molecule has 4 heterocycles. The van der Waals surface area contributed by atoms with Crippen molar-refractivity contribution in [3.05, 3.63) is 83.0 Å². The van der Waals surface area contributed by atoms with Crippen LogP contribution in [0.3, 0.4) is 0 Å². The van der Waals surface area contributed by atoms with E-state index in [2.05, 4.69) is 133 Å². The topological polar surface area (TPSA) is 129 Å². The summed E-state index contributed by atoms with van der Waals surface area (Å²) in [5.74, 6) is 1.57. The highest BCUT2D eigenvalue weighted by Gasteiger charge is 2.18. The molecule has 0 fully saturated rings. The predicted octanol–water partition coefficient (Wildman–Crippen LogP) is 7.12. The monoisotopic (exact) mass is 602 g/mol. The van der Waals surface area contributed by atoms with Crippen molar-refractivity contribution < 1.29 is 0 Å². The van der Waals surface area contributed by atoms with Crippen LogP contribution in [0.15, 0.2) is 37.4 Å². The quantitative estimate of drug-likeness (QED) is 0.205. The first kappa shape index (κ1) is 38.2. The second-order valence-corrected chi connectivity index (χ2v) is 14.8. The average Bonchev–Trinajstić information content (AvgIpc) is 2.88. The molecule has 240 valence electrons. The fourth-order valence-electron chi connectivity index (χ4n) is 3.71. The molecule has 0 atom stereocenters. The van der Waals surface area contributed by atoms with E-state index in [-0.39, 0.29) is 21.7 Å². The van der Waals surface area contributed by atoms with E-state index in [4.69, 9.17) is 0 Å². The summed E-state index contributed by atoms with van der Waals surface area (Å²) in [5.41, 5.74) is 6.90. The van der Waals surface area contributed by atoms with Gasteiger partial charge in [0.1, 0.15) is 24.3 Å². The molecule has 0 amide bonds. The maximum absolute atomic E-state index is 4.33. The molecule has 44 heavy (non-hydrogen) atoms. The molecule has 0 N–H and O–H groups in total. The fraction of sp³-hybridized carbons (Fsp3) is 0.588. The van der Waals surface area contributed by atoms with Crippen molar-refractivity contribution in [2.75, 3.05) is 0 Å². The molecule has 0 saturated heterocycles. The summed E-state index contributed by atoms with van der Waals surface area (Å²) < 4.78 is 0. The van der Waals surface area contributed by atoms with Gasteiger partial charge in [-0.25, -0.2) is 29.9 Å². The van der Waals surface area contributed by atoms with E-state index >= 15 is 0 Å². The third-order valence-corrected chi connectivity index (χ3v) is 6.32. The Hall–Kier alpha value is -3.82. The Balaban J connectivity index is 0.000000294. The first-order valence-corrected chi connectivity index (χ1v) is 14.9. The molecule has 4 aromatic heterocycles. The molecule has 0 aliphatic rings. The number of aryl methyl sites for hydroxylation is 4. The highest BCUT2D eigenvalue weighted by atomic mass is 15.2. The summed E-state index contributed by atoms with van der Waals surface area (Å²) in [6, 6.07) is 0. The molecular weight excluding hydrogens is 548 g/mol. The average molecular weight is 603 g/mol. The van der Waals surface area contributed by atoms with Crippen LogP contribution in [-0.4, -0.2) is 50.3 Å². The lowest BCUT2D eigenvalue weighted by atomic mass is 9.87. The van der Waals surface area contributed by atoms with E-state index in [1.165, 1.54) is 17.5 Å². The minimum Gasteiger partial charge on any atom is -0.244 e. The fourth-order valence-corrected chi connectivity index (χ4v) is 3.71. The molecule has 0 aromatic carbocycles. The maximum atomic E-state index is 4.33. The zero-order valence-electron chi connectivity index (χ0n) is 29.9. The third-order valence-electron chi connectivity index (χ3n) is 6.32. The van der Waals surface area contributed by atoms with E-state index in [9.17, 15) is 0 Å². The molecule has 0 bridgehead atoms. The third kappa shape index (κ3) is 13.7. The van der Waals surface area contributed by atoms with Crippen molar-refractivity contribution in [1.82, 2.24) is 50.3 Å². The van der Waals surface area contributed by atoms with Crippen LogP contribution < -0.4 is 0 Å². The zero-order valence-corrected chi connectivity index (χ0v) is 29.9. The molecule has 0 unspecified atom stereocenters. The standard InChI is InChI=1S/C10H16N2.C9H14N2.C8H13N3.C7H11N3/c1-7-9(10(3,4)5)6-11-8(2)12-7;1-7-8(9(2,3)4)5-10-6-11-7;1-6-9-5-7(11-10-6)8(2,3)4;1-7(2,3)6-4-8-5-9-10-6/h6H,1-5H3;5-6H,1-4H3;5H,1-4H3;4-5H,1-3H3. The van der Waals surface area contributed by atoms with Gasteiger partial charge in [-0.3, -0.25) is 0 Å². The summed E-state index contributed by atoms with van der Waals surface area (Å²) >= 11 is 0. The highest BCUT2D eigenvalue weighted by molar-refractivity contribution is 5.24. The van der Waals surface area contributed by atoms with Crippen LogP contribution in [0.4, 0.5) is 0 Å². The predicted molar refractivity (Wildman–Crippen MR) is 177 cm³/mol. The van der Waals surface area contributed by atoms with Gasteiger partial charge >= 0.3 is 0 Å². The van der Waals surface area contributed by atoms with Gasteiger partial charge in [-0.2, -0.15) is 10.2 Å². The number of rotatable bonds is 0. The Bertz CT molecular complexity index is 1410. The van der Waals surface area contributed by atoms with Crippen LogP contribution in [0.5, 0.6) is 0 Å². The molecule has 4 rings (SSSR count). The van der Waals surface area contributed by atoms with E-state index in [1.54, 1.807) is 18.7 Å². The van der Waals surface area contributed by atoms with E-state index in [1.807, 2.05) is 40.1 Å². The van der Waals surface area contributed by atoms with Crippen LogP contribution in [0.25, 0.3) is 0 Å². The van der Waals surface area contributed by atoms with Crippen LogP contribution in [-0.2, 0) is 21.7 Å². The molecule has 0 aliphatic carbocycles. The smallest absolute Gasteiger partial charge is 0.147 e. The van der Waals surface area contributed by atoms with Crippen molar-refractivity contribution in [3.8, 4) is 0 Å². The number of aromatic nitrogens is 10. The Morgan fingerprint density at radius 1 is 0.432 bits per heavy atom. The van der Waals surface area contributed by atoms with Crippen molar-refractivity contribution >= 4 is 0 Å². The molecule has 0 radical (unpaired) electrons. The van der Waals surface area contributed by atoms with Crippen molar-refractivity contribution in [2.24, 2.45) is 0 Å². The van der Waals surface area contributed by atoms with Gasteiger partial charge in [0.05, 0.1) is 23.8 Å². The van der Waals surface area contributed by atoms with Gasteiger partial charge in [-0.05, 0) is 49.7 Å². The molecule has 10 heteroatoms. The molecule has 10 nitrogen and oxygen atoms in total. The molecule has 0 aliphatic heterocycles. The normalized spacial score (nSPS) is 11.6. The summed E-state index contributed by atoms with van der Waals surface area (Å²) in [5, 5.41) is 15.5. The molecular formula is C34H54N10. The van der Waals surface area contributed by atoms with Crippen molar-refractivity contribution in [1.29, 1.82) is 0 Å². The van der Waals surface area contributed by atoms with Gasteiger partial charge in [0.15, 0.2) is 0 Å². The van der Waals surface area contributed by atoms with Crippen LogP contribution >= 0.6 is 0 Å². The lowest BCUT2D eigenvalue weighted by Gasteiger charge is -2.20. The van der Waals surface area contributed by atoms with Crippen LogP contribution in [0, 0.1) is 27.7 Å². The van der Waals surface area contributed by atoms with Gasteiger partial charge < -0.3 is 0 Å². The van der Waals surface area contributed by atoms with Crippen LogP contribution in [0.2, 0.25) is 0 Å². The Labute approximate surface area is 265 Å². The largest absolute Gasteiger partial charge is 0.244 e. The summed E-state index contributed by atoms with van der Waals surface area (Å²) in [7, 11) is 0. The maximum Gasteiger partial charge on any atom is 0.147 e.